The molecule has 0 fully saturated rings. The largest absolute Gasteiger partial charge is 0.497 e. The minimum Gasteiger partial charge on any atom is -0.497 e. The lowest BCUT2D eigenvalue weighted by molar-refractivity contribution is 0.102. The van der Waals surface area contributed by atoms with E-state index in [9.17, 15) is 4.79 Å². The van der Waals surface area contributed by atoms with Gasteiger partial charge in [0.05, 0.1) is 19.0 Å². The lowest BCUT2D eigenvalue weighted by Crippen LogP contribution is -2.14. The minimum atomic E-state index is -0.330. The van der Waals surface area contributed by atoms with Gasteiger partial charge in [0.2, 0.25) is 0 Å². The van der Waals surface area contributed by atoms with Gasteiger partial charge < -0.3 is 19.9 Å². The third kappa shape index (κ3) is 4.60. The fourth-order valence-corrected chi connectivity index (χ4v) is 2.38. The smallest absolute Gasteiger partial charge is 0.275 e. The number of methoxy groups -OCH3 is 1. The maximum Gasteiger partial charge on any atom is 0.275 e. The monoisotopic (exact) mass is 352 g/mol. The Balaban J connectivity index is 1.49. The topological polar surface area (TPSA) is 89.3 Å². The summed E-state index contributed by atoms with van der Waals surface area (Å²) in [5, 5.41) is 9.65. The van der Waals surface area contributed by atoms with Crippen molar-refractivity contribution in [2.24, 2.45) is 0 Å². The minimum absolute atomic E-state index is 0.311. The third-order valence-electron chi connectivity index (χ3n) is 3.77. The highest BCUT2D eigenvalue weighted by Gasteiger charge is 2.10. The van der Waals surface area contributed by atoms with Crippen molar-refractivity contribution in [2.75, 3.05) is 24.3 Å². The zero-order valence-corrected chi connectivity index (χ0v) is 14.7. The van der Waals surface area contributed by atoms with Gasteiger partial charge in [0, 0.05) is 12.6 Å². The van der Waals surface area contributed by atoms with Crippen LogP contribution in [0.15, 0.2) is 53.2 Å². The lowest BCUT2D eigenvalue weighted by Gasteiger charge is -2.07. The molecule has 7 nitrogen and oxygen atoms in total. The van der Waals surface area contributed by atoms with Crippen molar-refractivity contribution < 1.29 is 14.1 Å². The van der Waals surface area contributed by atoms with Gasteiger partial charge in [-0.25, -0.2) is 4.98 Å². The van der Waals surface area contributed by atoms with E-state index in [0.717, 1.165) is 24.4 Å². The molecule has 0 spiro atoms. The summed E-state index contributed by atoms with van der Waals surface area (Å²) < 4.78 is 10.1. The summed E-state index contributed by atoms with van der Waals surface area (Å²) in [4.78, 5) is 16.3. The maximum atomic E-state index is 12.1. The highest BCUT2D eigenvalue weighted by atomic mass is 16.5. The van der Waals surface area contributed by atoms with E-state index in [-0.39, 0.29) is 5.91 Å². The fraction of sp³-hybridized carbons (Fsp3) is 0.211. The van der Waals surface area contributed by atoms with Gasteiger partial charge in [-0.05, 0) is 43.2 Å². The number of carbonyl (C=O) groups excluding carboxylic acids is 1. The van der Waals surface area contributed by atoms with Gasteiger partial charge in [-0.15, -0.1) is 0 Å². The average molecular weight is 352 g/mol. The van der Waals surface area contributed by atoms with Crippen LogP contribution in [0.1, 0.15) is 21.8 Å². The van der Waals surface area contributed by atoms with Gasteiger partial charge in [-0.3, -0.25) is 4.79 Å². The van der Waals surface area contributed by atoms with Gasteiger partial charge in [-0.2, -0.15) is 0 Å². The maximum absolute atomic E-state index is 12.1. The van der Waals surface area contributed by atoms with Crippen LogP contribution in [0.5, 0.6) is 5.75 Å². The number of hydrogen-bond donors (Lipinski definition) is 2. The molecule has 0 aliphatic carbocycles. The number of aryl methyl sites for hydroxylation is 1. The molecule has 0 aliphatic heterocycles. The Morgan fingerprint density at radius 3 is 2.62 bits per heavy atom. The molecule has 134 valence electrons. The number of hydrogen-bond acceptors (Lipinski definition) is 6. The van der Waals surface area contributed by atoms with E-state index in [2.05, 4.69) is 20.8 Å². The number of carbonyl (C=O) groups is 1. The molecule has 1 aromatic carbocycles. The number of pyridine rings is 1. The second kappa shape index (κ2) is 8.15. The molecule has 2 aromatic heterocycles. The molecule has 7 heteroatoms. The zero-order chi connectivity index (χ0) is 18.4. The first-order chi connectivity index (χ1) is 12.6. The van der Waals surface area contributed by atoms with Crippen LogP contribution in [-0.4, -0.2) is 29.7 Å². The molecule has 3 aromatic rings. The molecule has 0 aliphatic rings. The van der Waals surface area contributed by atoms with Crippen LogP contribution >= 0.6 is 0 Å². The fourth-order valence-electron chi connectivity index (χ4n) is 2.38. The third-order valence-corrected chi connectivity index (χ3v) is 3.77. The van der Waals surface area contributed by atoms with E-state index in [4.69, 9.17) is 9.26 Å². The number of ether oxygens (including phenoxy) is 1. The van der Waals surface area contributed by atoms with Crippen LogP contribution in [0.25, 0.3) is 0 Å². The van der Waals surface area contributed by atoms with Crippen molar-refractivity contribution in [1.82, 2.24) is 10.1 Å². The Hall–Kier alpha value is -3.35. The predicted octanol–water partition coefficient (Wildman–Crippen LogP) is 3.29. The zero-order valence-electron chi connectivity index (χ0n) is 14.7. The number of nitrogens with one attached hydrogen (secondary N) is 2. The molecular weight excluding hydrogens is 332 g/mol. The van der Waals surface area contributed by atoms with Gasteiger partial charge in [-0.1, -0.05) is 17.3 Å². The molecule has 3 rings (SSSR count). The number of aromatic nitrogens is 2. The molecule has 0 radical (unpaired) electrons. The van der Waals surface area contributed by atoms with Crippen molar-refractivity contribution in [3.05, 3.63) is 65.7 Å². The lowest BCUT2D eigenvalue weighted by atomic mass is 10.1. The standard InChI is InChI=1S/C19H20N4O3/c1-13-11-18(23-26-13)22-19(24)17-8-5-15(12-21-17)20-10-9-14-3-6-16(25-2)7-4-14/h3-8,11-12,20H,9-10H2,1-2H3,(H,22,23,24). The Bertz CT molecular complexity index is 857. The number of amides is 1. The number of anilines is 2. The molecule has 0 atom stereocenters. The van der Waals surface area contributed by atoms with Gasteiger partial charge in [0.1, 0.15) is 17.2 Å². The van der Waals surface area contributed by atoms with E-state index >= 15 is 0 Å². The number of rotatable bonds is 7. The molecule has 1 amide bonds. The normalized spacial score (nSPS) is 10.4. The van der Waals surface area contributed by atoms with Gasteiger partial charge in [0.25, 0.3) is 5.91 Å². The molecule has 0 unspecified atom stereocenters. The molecule has 2 heterocycles. The highest BCUT2D eigenvalue weighted by Crippen LogP contribution is 2.13. The molecule has 26 heavy (non-hydrogen) atoms. The first kappa shape index (κ1) is 17.5. The summed E-state index contributed by atoms with van der Waals surface area (Å²) in [5.41, 5.74) is 2.38. The van der Waals surface area contributed by atoms with Gasteiger partial charge >= 0.3 is 0 Å². The molecule has 0 saturated heterocycles. The van der Waals surface area contributed by atoms with Crippen LogP contribution in [0.4, 0.5) is 11.5 Å². The van der Waals surface area contributed by atoms with Crippen molar-refractivity contribution in [3.8, 4) is 5.75 Å². The summed E-state index contributed by atoms with van der Waals surface area (Å²) in [7, 11) is 1.65. The Morgan fingerprint density at radius 2 is 2.00 bits per heavy atom. The van der Waals surface area contributed by atoms with Crippen LogP contribution in [-0.2, 0) is 6.42 Å². The number of nitrogens with zero attached hydrogens (tertiary/aromatic N) is 2. The summed E-state index contributed by atoms with van der Waals surface area (Å²) in [6, 6.07) is 13.1. The van der Waals surface area contributed by atoms with E-state index in [1.165, 1.54) is 5.56 Å². The van der Waals surface area contributed by atoms with Crippen molar-refractivity contribution in [2.45, 2.75) is 13.3 Å². The van der Waals surface area contributed by atoms with E-state index in [1.807, 2.05) is 30.3 Å². The summed E-state index contributed by atoms with van der Waals surface area (Å²) in [5.74, 6) is 1.52. The van der Waals surface area contributed by atoms with Gasteiger partial charge in [0.15, 0.2) is 5.82 Å². The molecule has 0 saturated carbocycles. The first-order valence-corrected chi connectivity index (χ1v) is 8.21. The van der Waals surface area contributed by atoms with Crippen LogP contribution in [0.2, 0.25) is 0 Å². The second-order valence-corrected chi connectivity index (χ2v) is 5.73. The summed E-state index contributed by atoms with van der Waals surface area (Å²) >= 11 is 0. The average Bonchev–Trinajstić information content (AvgIpc) is 3.07. The second-order valence-electron chi connectivity index (χ2n) is 5.73. The Kier molecular flexibility index (Phi) is 5.48. The number of benzene rings is 1. The van der Waals surface area contributed by atoms with E-state index in [0.29, 0.717) is 17.3 Å². The quantitative estimate of drug-likeness (QED) is 0.678. The molecule has 0 bridgehead atoms. The molecule has 2 N–H and O–H groups in total. The summed E-state index contributed by atoms with van der Waals surface area (Å²) in [6.45, 7) is 2.52. The highest BCUT2D eigenvalue weighted by molar-refractivity contribution is 6.02. The molecular formula is C19H20N4O3. The Morgan fingerprint density at radius 1 is 1.19 bits per heavy atom. The van der Waals surface area contributed by atoms with Crippen molar-refractivity contribution in [3.63, 3.8) is 0 Å². The summed E-state index contributed by atoms with van der Waals surface area (Å²) in [6.07, 6.45) is 2.51. The van der Waals surface area contributed by atoms with Crippen molar-refractivity contribution in [1.29, 1.82) is 0 Å². The van der Waals surface area contributed by atoms with E-state index < -0.39 is 0 Å². The Labute approximate surface area is 151 Å². The van der Waals surface area contributed by atoms with E-state index in [1.54, 1.807) is 32.4 Å². The van der Waals surface area contributed by atoms with Crippen LogP contribution in [0.3, 0.4) is 0 Å². The van der Waals surface area contributed by atoms with Crippen LogP contribution in [0, 0.1) is 6.92 Å². The van der Waals surface area contributed by atoms with Crippen LogP contribution < -0.4 is 15.4 Å². The van der Waals surface area contributed by atoms with Crippen molar-refractivity contribution >= 4 is 17.4 Å². The SMILES string of the molecule is COc1ccc(CCNc2ccc(C(=O)Nc3cc(C)on3)nc2)cc1. The first-order valence-electron chi connectivity index (χ1n) is 8.21. The predicted molar refractivity (Wildman–Crippen MR) is 98.6 cm³/mol.